The third-order valence-electron chi connectivity index (χ3n) is 3.56. The predicted octanol–water partition coefficient (Wildman–Crippen LogP) is 1.89. The van der Waals surface area contributed by atoms with E-state index in [0.717, 1.165) is 4.31 Å². The Morgan fingerprint density at radius 1 is 1.38 bits per heavy atom. The van der Waals surface area contributed by atoms with E-state index in [4.69, 9.17) is 23.2 Å². The maximum Gasteiger partial charge on any atom is 0.243 e. The van der Waals surface area contributed by atoms with Gasteiger partial charge in [0.1, 0.15) is 0 Å². The second-order valence-electron chi connectivity index (χ2n) is 4.96. The fraction of sp³-hybridized carbons (Fsp3) is 0.500. The lowest BCUT2D eigenvalue weighted by molar-refractivity contribution is 0.394. The molecule has 1 unspecified atom stereocenters. The molecule has 0 N–H and O–H groups in total. The number of alkyl halides is 1. The summed E-state index contributed by atoms with van der Waals surface area (Å²) in [6.07, 6.45) is 0.314. The van der Waals surface area contributed by atoms with Crippen molar-refractivity contribution in [2.45, 2.75) is 23.2 Å². The topological polar surface area (TPSA) is 71.5 Å². The van der Waals surface area contributed by atoms with Crippen molar-refractivity contribution in [3.63, 3.8) is 0 Å². The fourth-order valence-corrected chi connectivity index (χ4v) is 6.02. The van der Waals surface area contributed by atoms with Crippen molar-refractivity contribution in [3.8, 4) is 0 Å². The first kappa shape index (κ1) is 17.0. The smallest absolute Gasteiger partial charge is 0.229 e. The van der Waals surface area contributed by atoms with Crippen LogP contribution in [0.25, 0.3) is 0 Å². The standard InChI is InChI=1S/C12H15Cl2NO4S2/c1-15(10-4-5-20(16,17)8-10)21(18,19)11-2-3-12(14)9(6-11)7-13/h2-3,6,10H,4-5,7-8H2,1H3. The van der Waals surface area contributed by atoms with Crippen LogP contribution in [0.15, 0.2) is 23.1 Å². The summed E-state index contributed by atoms with van der Waals surface area (Å²) in [6.45, 7) is 0. The molecule has 0 radical (unpaired) electrons. The van der Waals surface area contributed by atoms with Crippen LogP contribution in [-0.2, 0) is 25.7 Å². The van der Waals surface area contributed by atoms with Crippen molar-refractivity contribution < 1.29 is 16.8 Å². The van der Waals surface area contributed by atoms with E-state index in [9.17, 15) is 16.8 Å². The zero-order chi connectivity index (χ0) is 15.8. The fourth-order valence-electron chi connectivity index (χ4n) is 2.24. The Kier molecular flexibility index (Phi) is 4.90. The largest absolute Gasteiger partial charge is 0.243 e. The Bertz CT molecular complexity index is 747. The molecule has 1 atom stereocenters. The number of benzene rings is 1. The van der Waals surface area contributed by atoms with Gasteiger partial charge in [-0.15, -0.1) is 11.6 Å². The summed E-state index contributed by atoms with van der Waals surface area (Å²) < 4.78 is 49.2. The highest BCUT2D eigenvalue weighted by atomic mass is 35.5. The Balaban J connectivity index is 2.34. The lowest BCUT2D eigenvalue weighted by Crippen LogP contribution is -2.37. The van der Waals surface area contributed by atoms with Crippen LogP contribution in [0.2, 0.25) is 5.02 Å². The lowest BCUT2D eigenvalue weighted by atomic mass is 10.2. The molecule has 118 valence electrons. The van der Waals surface area contributed by atoms with Crippen molar-refractivity contribution in [3.05, 3.63) is 28.8 Å². The molecule has 2 rings (SSSR count). The molecule has 1 fully saturated rings. The van der Waals surface area contributed by atoms with E-state index in [2.05, 4.69) is 0 Å². The Hall–Kier alpha value is -0.340. The monoisotopic (exact) mass is 371 g/mol. The Labute approximate surface area is 134 Å². The quantitative estimate of drug-likeness (QED) is 0.757. The average molecular weight is 372 g/mol. The van der Waals surface area contributed by atoms with Crippen LogP contribution in [0.3, 0.4) is 0 Å². The van der Waals surface area contributed by atoms with E-state index in [-0.39, 0.29) is 22.3 Å². The molecule has 0 bridgehead atoms. The summed E-state index contributed by atoms with van der Waals surface area (Å²) in [6, 6.07) is 3.76. The first-order chi connectivity index (χ1) is 9.67. The molecule has 1 heterocycles. The Morgan fingerprint density at radius 3 is 2.57 bits per heavy atom. The normalized spacial score (nSPS) is 21.8. The van der Waals surface area contributed by atoms with Crippen molar-refractivity contribution in [2.75, 3.05) is 18.6 Å². The van der Waals surface area contributed by atoms with Gasteiger partial charge in [-0.3, -0.25) is 0 Å². The van der Waals surface area contributed by atoms with Gasteiger partial charge < -0.3 is 0 Å². The minimum atomic E-state index is -3.77. The number of sulfonamides is 1. The third kappa shape index (κ3) is 3.53. The Morgan fingerprint density at radius 2 is 2.05 bits per heavy atom. The van der Waals surface area contributed by atoms with Crippen LogP contribution in [0, 0.1) is 0 Å². The molecule has 0 spiro atoms. The summed E-state index contributed by atoms with van der Waals surface area (Å²) >= 11 is 11.6. The number of halogens is 2. The maximum absolute atomic E-state index is 12.6. The van der Waals surface area contributed by atoms with E-state index in [1.165, 1.54) is 25.2 Å². The van der Waals surface area contributed by atoms with Gasteiger partial charge >= 0.3 is 0 Å². The second-order valence-corrected chi connectivity index (χ2v) is 9.87. The van der Waals surface area contributed by atoms with Crippen molar-refractivity contribution >= 4 is 43.1 Å². The summed E-state index contributed by atoms with van der Waals surface area (Å²) in [5.74, 6) is -0.0204. The second kappa shape index (κ2) is 6.04. The van der Waals surface area contributed by atoms with E-state index in [0.29, 0.717) is 17.0 Å². The minimum absolute atomic E-state index is 0.0189. The molecule has 1 aliphatic rings. The highest BCUT2D eigenvalue weighted by Crippen LogP contribution is 2.27. The third-order valence-corrected chi connectivity index (χ3v) is 7.87. The SMILES string of the molecule is CN(C1CCS(=O)(=O)C1)S(=O)(=O)c1ccc(Cl)c(CCl)c1. The molecule has 21 heavy (non-hydrogen) atoms. The van der Waals surface area contributed by atoms with Crippen LogP contribution >= 0.6 is 23.2 Å². The number of hydrogen-bond acceptors (Lipinski definition) is 4. The molecule has 1 aliphatic heterocycles. The summed E-state index contributed by atoms with van der Waals surface area (Å²) in [7, 11) is -5.52. The van der Waals surface area contributed by atoms with Crippen LogP contribution in [-0.4, -0.2) is 45.7 Å². The van der Waals surface area contributed by atoms with Crippen LogP contribution in [0.5, 0.6) is 0 Å². The highest BCUT2D eigenvalue weighted by molar-refractivity contribution is 7.92. The van der Waals surface area contributed by atoms with E-state index < -0.39 is 25.9 Å². The number of nitrogens with zero attached hydrogens (tertiary/aromatic N) is 1. The van der Waals surface area contributed by atoms with Crippen LogP contribution in [0.1, 0.15) is 12.0 Å². The zero-order valence-electron chi connectivity index (χ0n) is 11.3. The summed E-state index contributed by atoms with van der Waals surface area (Å²) in [5.41, 5.74) is 0.520. The van der Waals surface area contributed by atoms with E-state index in [1.807, 2.05) is 0 Å². The van der Waals surface area contributed by atoms with Gasteiger partial charge in [-0.2, -0.15) is 4.31 Å². The van der Waals surface area contributed by atoms with E-state index >= 15 is 0 Å². The molecule has 0 aliphatic carbocycles. The molecular formula is C12H15Cl2NO4S2. The van der Waals surface area contributed by atoms with Crippen molar-refractivity contribution in [1.82, 2.24) is 4.31 Å². The molecule has 1 saturated heterocycles. The van der Waals surface area contributed by atoms with Crippen molar-refractivity contribution in [2.24, 2.45) is 0 Å². The first-order valence-electron chi connectivity index (χ1n) is 6.20. The van der Waals surface area contributed by atoms with Crippen molar-refractivity contribution in [1.29, 1.82) is 0 Å². The minimum Gasteiger partial charge on any atom is -0.229 e. The van der Waals surface area contributed by atoms with Crippen LogP contribution in [0.4, 0.5) is 0 Å². The van der Waals surface area contributed by atoms with Gasteiger partial charge in [0, 0.05) is 24.0 Å². The van der Waals surface area contributed by atoms with E-state index in [1.54, 1.807) is 0 Å². The molecule has 1 aromatic carbocycles. The lowest BCUT2D eigenvalue weighted by Gasteiger charge is -2.23. The molecular weight excluding hydrogens is 357 g/mol. The molecule has 0 saturated carbocycles. The molecule has 0 aromatic heterocycles. The van der Waals surface area contributed by atoms with Gasteiger partial charge in [-0.25, -0.2) is 16.8 Å². The average Bonchev–Trinajstić information content (AvgIpc) is 2.78. The molecule has 1 aromatic rings. The number of sulfone groups is 1. The molecule has 9 heteroatoms. The summed E-state index contributed by atoms with van der Waals surface area (Å²) in [4.78, 5) is 0.0642. The van der Waals surface area contributed by atoms with Gasteiger partial charge in [0.05, 0.1) is 16.4 Å². The maximum atomic E-state index is 12.6. The van der Waals surface area contributed by atoms with Gasteiger partial charge in [-0.05, 0) is 30.2 Å². The highest BCUT2D eigenvalue weighted by Gasteiger charge is 2.36. The molecule has 0 amide bonds. The number of rotatable bonds is 4. The van der Waals surface area contributed by atoms with Crippen LogP contribution < -0.4 is 0 Å². The van der Waals surface area contributed by atoms with Gasteiger partial charge in [0.2, 0.25) is 10.0 Å². The van der Waals surface area contributed by atoms with Gasteiger partial charge in [0.25, 0.3) is 0 Å². The summed E-state index contributed by atoms with van der Waals surface area (Å²) in [5, 5.41) is 0.398. The molecule has 5 nitrogen and oxygen atoms in total. The number of hydrogen-bond donors (Lipinski definition) is 0. The van der Waals surface area contributed by atoms with Gasteiger partial charge in [-0.1, -0.05) is 11.6 Å². The zero-order valence-corrected chi connectivity index (χ0v) is 14.4. The first-order valence-corrected chi connectivity index (χ1v) is 10.4. The predicted molar refractivity (Wildman–Crippen MR) is 83.0 cm³/mol. The van der Waals surface area contributed by atoms with Gasteiger partial charge in [0.15, 0.2) is 9.84 Å².